The van der Waals surface area contributed by atoms with Crippen LogP contribution in [0.2, 0.25) is 0 Å². The third-order valence-corrected chi connectivity index (χ3v) is 3.81. The fourth-order valence-electron chi connectivity index (χ4n) is 2.27. The summed E-state index contributed by atoms with van der Waals surface area (Å²) in [7, 11) is 2.02. The van der Waals surface area contributed by atoms with E-state index in [-0.39, 0.29) is 5.54 Å². The van der Waals surface area contributed by atoms with E-state index >= 15 is 0 Å². The van der Waals surface area contributed by atoms with E-state index < -0.39 is 0 Å². The summed E-state index contributed by atoms with van der Waals surface area (Å²) in [5.74, 6) is 1.09. The van der Waals surface area contributed by atoms with Gasteiger partial charge in [-0.25, -0.2) is 4.98 Å². The first-order valence-corrected chi connectivity index (χ1v) is 6.87. The summed E-state index contributed by atoms with van der Waals surface area (Å²) >= 11 is 0. The molecule has 1 heterocycles. The second-order valence-corrected chi connectivity index (χ2v) is 5.42. The first-order chi connectivity index (χ1) is 9.03. The maximum Gasteiger partial charge on any atom is 0.108 e. The van der Waals surface area contributed by atoms with E-state index in [1.54, 1.807) is 0 Å². The van der Waals surface area contributed by atoms with Crippen LogP contribution in [0.4, 0.5) is 0 Å². The van der Waals surface area contributed by atoms with Gasteiger partial charge in [-0.1, -0.05) is 31.2 Å². The molecule has 0 saturated carbocycles. The SMILES string of the molecule is CCc1ccc(C(C)(N)CCc2nccn2C)cc1. The molecule has 1 aromatic heterocycles. The van der Waals surface area contributed by atoms with Crippen molar-refractivity contribution < 1.29 is 0 Å². The van der Waals surface area contributed by atoms with E-state index in [1.165, 1.54) is 11.1 Å². The number of aromatic nitrogens is 2. The third-order valence-electron chi connectivity index (χ3n) is 3.81. The second-order valence-electron chi connectivity index (χ2n) is 5.42. The van der Waals surface area contributed by atoms with E-state index in [0.29, 0.717) is 0 Å². The molecule has 2 rings (SSSR count). The number of aryl methyl sites for hydroxylation is 3. The number of imidazole rings is 1. The lowest BCUT2D eigenvalue weighted by Gasteiger charge is -2.25. The van der Waals surface area contributed by atoms with E-state index in [9.17, 15) is 0 Å². The average molecular weight is 257 g/mol. The highest BCUT2D eigenvalue weighted by molar-refractivity contribution is 5.28. The molecule has 2 N–H and O–H groups in total. The molecule has 1 unspecified atom stereocenters. The maximum absolute atomic E-state index is 6.46. The molecular formula is C16H23N3. The quantitative estimate of drug-likeness (QED) is 0.895. The lowest BCUT2D eigenvalue weighted by atomic mass is 9.87. The van der Waals surface area contributed by atoms with Crippen LogP contribution in [0.15, 0.2) is 36.7 Å². The van der Waals surface area contributed by atoms with Crippen LogP contribution in [0.25, 0.3) is 0 Å². The van der Waals surface area contributed by atoms with Crippen LogP contribution in [0.5, 0.6) is 0 Å². The maximum atomic E-state index is 6.46. The third kappa shape index (κ3) is 3.24. The highest BCUT2D eigenvalue weighted by Crippen LogP contribution is 2.23. The van der Waals surface area contributed by atoms with Gasteiger partial charge in [0.1, 0.15) is 5.82 Å². The summed E-state index contributed by atoms with van der Waals surface area (Å²) in [5.41, 5.74) is 8.70. The summed E-state index contributed by atoms with van der Waals surface area (Å²) in [6.07, 6.45) is 6.66. The lowest BCUT2D eigenvalue weighted by Crippen LogP contribution is -2.33. The first-order valence-electron chi connectivity index (χ1n) is 6.87. The lowest BCUT2D eigenvalue weighted by molar-refractivity contribution is 0.444. The average Bonchev–Trinajstić information content (AvgIpc) is 2.82. The van der Waals surface area contributed by atoms with Gasteiger partial charge in [0.05, 0.1) is 0 Å². The van der Waals surface area contributed by atoms with Gasteiger partial charge < -0.3 is 10.3 Å². The van der Waals surface area contributed by atoms with Crippen LogP contribution in [-0.4, -0.2) is 9.55 Å². The molecule has 2 aromatic rings. The summed E-state index contributed by atoms with van der Waals surface area (Å²) < 4.78 is 2.05. The Kier molecular flexibility index (Phi) is 4.05. The van der Waals surface area contributed by atoms with E-state index in [0.717, 1.165) is 25.1 Å². The Morgan fingerprint density at radius 1 is 1.26 bits per heavy atom. The van der Waals surface area contributed by atoms with Crippen molar-refractivity contribution in [2.24, 2.45) is 12.8 Å². The van der Waals surface area contributed by atoms with Gasteiger partial charge in [0.25, 0.3) is 0 Å². The molecule has 1 atom stereocenters. The number of rotatable bonds is 5. The highest BCUT2D eigenvalue weighted by Gasteiger charge is 2.21. The first kappa shape index (κ1) is 13.8. The standard InChI is InChI=1S/C16H23N3/c1-4-13-5-7-14(8-6-13)16(2,17)10-9-15-18-11-12-19(15)3/h5-8,11-12H,4,9-10,17H2,1-3H3. The Balaban J connectivity index is 2.06. The van der Waals surface area contributed by atoms with E-state index in [1.807, 2.05) is 19.4 Å². The molecule has 0 bridgehead atoms. The van der Waals surface area contributed by atoms with Crippen molar-refractivity contribution in [1.82, 2.24) is 9.55 Å². The van der Waals surface area contributed by atoms with Crippen LogP contribution in [0.1, 0.15) is 37.2 Å². The molecule has 0 amide bonds. The Morgan fingerprint density at radius 2 is 1.95 bits per heavy atom. The van der Waals surface area contributed by atoms with Gasteiger partial charge in [-0.2, -0.15) is 0 Å². The van der Waals surface area contributed by atoms with Crippen LogP contribution < -0.4 is 5.73 Å². The van der Waals surface area contributed by atoms with Gasteiger partial charge in [0.15, 0.2) is 0 Å². The Morgan fingerprint density at radius 3 is 2.47 bits per heavy atom. The van der Waals surface area contributed by atoms with Gasteiger partial charge in [0, 0.05) is 31.4 Å². The van der Waals surface area contributed by atoms with Gasteiger partial charge in [-0.15, -0.1) is 0 Å². The molecule has 0 saturated heterocycles. The molecule has 3 nitrogen and oxygen atoms in total. The Bertz CT molecular complexity index is 523. The van der Waals surface area contributed by atoms with Crippen molar-refractivity contribution in [3.8, 4) is 0 Å². The largest absolute Gasteiger partial charge is 0.338 e. The van der Waals surface area contributed by atoms with Gasteiger partial charge >= 0.3 is 0 Å². The minimum atomic E-state index is -0.307. The molecule has 102 valence electrons. The highest BCUT2D eigenvalue weighted by atomic mass is 15.0. The molecule has 0 radical (unpaired) electrons. The number of benzene rings is 1. The zero-order chi connectivity index (χ0) is 13.9. The van der Waals surface area contributed by atoms with Gasteiger partial charge in [-0.3, -0.25) is 0 Å². The van der Waals surface area contributed by atoms with Crippen molar-refractivity contribution in [1.29, 1.82) is 0 Å². The zero-order valence-electron chi connectivity index (χ0n) is 12.1. The number of nitrogens with zero attached hydrogens (tertiary/aromatic N) is 2. The smallest absolute Gasteiger partial charge is 0.108 e. The molecule has 0 fully saturated rings. The van der Waals surface area contributed by atoms with E-state index in [2.05, 4.69) is 47.7 Å². The predicted molar refractivity (Wildman–Crippen MR) is 78.9 cm³/mol. The normalized spacial score (nSPS) is 14.3. The minimum absolute atomic E-state index is 0.307. The summed E-state index contributed by atoms with van der Waals surface area (Å²) in [4.78, 5) is 4.35. The van der Waals surface area contributed by atoms with Gasteiger partial charge in [-0.05, 0) is 30.9 Å². The summed E-state index contributed by atoms with van der Waals surface area (Å²) in [5, 5.41) is 0. The van der Waals surface area contributed by atoms with Crippen LogP contribution in [0, 0.1) is 0 Å². The molecule has 1 aromatic carbocycles. The number of hydrogen-bond donors (Lipinski definition) is 1. The van der Waals surface area contributed by atoms with Crippen molar-refractivity contribution in [2.45, 2.75) is 38.6 Å². The fraction of sp³-hybridized carbons (Fsp3) is 0.438. The van der Waals surface area contributed by atoms with Crippen molar-refractivity contribution in [2.75, 3.05) is 0 Å². The van der Waals surface area contributed by atoms with Crippen molar-refractivity contribution >= 4 is 0 Å². The Hall–Kier alpha value is -1.61. The molecule has 0 aliphatic carbocycles. The Labute approximate surface area is 115 Å². The molecule has 19 heavy (non-hydrogen) atoms. The molecule has 0 aliphatic heterocycles. The minimum Gasteiger partial charge on any atom is -0.338 e. The molecule has 0 spiro atoms. The number of nitrogens with two attached hydrogens (primary N) is 1. The zero-order valence-corrected chi connectivity index (χ0v) is 12.1. The van der Waals surface area contributed by atoms with Gasteiger partial charge in [0.2, 0.25) is 0 Å². The van der Waals surface area contributed by atoms with Crippen molar-refractivity contribution in [3.63, 3.8) is 0 Å². The van der Waals surface area contributed by atoms with E-state index in [4.69, 9.17) is 5.73 Å². The fourth-order valence-corrected chi connectivity index (χ4v) is 2.27. The number of hydrogen-bond acceptors (Lipinski definition) is 2. The summed E-state index contributed by atoms with van der Waals surface area (Å²) in [6.45, 7) is 4.26. The monoisotopic (exact) mass is 257 g/mol. The van der Waals surface area contributed by atoms with Crippen LogP contribution in [0.3, 0.4) is 0 Å². The predicted octanol–water partition coefficient (Wildman–Crippen LogP) is 2.79. The van der Waals surface area contributed by atoms with Crippen molar-refractivity contribution in [3.05, 3.63) is 53.6 Å². The second kappa shape index (κ2) is 5.57. The van der Waals surface area contributed by atoms with Crippen LogP contribution >= 0.6 is 0 Å². The topological polar surface area (TPSA) is 43.8 Å². The van der Waals surface area contributed by atoms with Crippen LogP contribution in [-0.2, 0) is 25.4 Å². The molecule has 3 heteroatoms. The molecule has 0 aliphatic rings. The molecular weight excluding hydrogens is 234 g/mol. The summed E-state index contributed by atoms with van der Waals surface area (Å²) in [6, 6.07) is 8.64.